The van der Waals surface area contributed by atoms with Crippen molar-refractivity contribution in [2.75, 3.05) is 26.7 Å². The molecule has 6 heteroatoms. The standard InChI is InChI=1S/C15H22FN3O2/c1-19(9-11-4-2-3-5-12(11)16)10-15(21)18-13-6-7-17-8-14(13)20/h2-5,13-14,17,20H,6-10H2,1H3,(H,18,21)/t13-,14-/m1/s1. The third kappa shape index (κ3) is 4.77. The van der Waals surface area contributed by atoms with Crippen LogP contribution in [0.15, 0.2) is 24.3 Å². The van der Waals surface area contributed by atoms with E-state index >= 15 is 0 Å². The van der Waals surface area contributed by atoms with E-state index in [1.54, 1.807) is 30.1 Å². The molecule has 1 aromatic carbocycles. The number of amides is 1. The average molecular weight is 295 g/mol. The van der Waals surface area contributed by atoms with Crippen LogP contribution in [0.1, 0.15) is 12.0 Å². The maximum Gasteiger partial charge on any atom is 0.234 e. The quantitative estimate of drug-likeness (QED) is 0.721. The molecule has 0 bridgehead atoms. The molecule has 1 fully saturated rings. The van der Waals surface area contributed by atoms with E-state index in [0.29, 0.717) is 25.1 Å². The first-order valence-electron chi connectivity index (χ1n) is 7.16. The minimum Gasteiger partial charge on any atom is -0.390 e. The zero-order valence-electron chi connectivity index (χ0n) is 12.2. The zero-order valence-corrected chi connectivity index (χ0v) is 12.2. The molecule has 2 rings (SSSR count). The van der Waals surface area contributed by atoms with E-state index in [9.17, 15) is 14.3 Å². The second kappa shape index (κ2) is 7.49. The van der Waals surface area contributed by atoms with E-state index in [2.05, 4.69) is 10.6 Å². The molecule has 0 radical (unpaired) electrons. The number of aliphatic hydroxyl groups excluding tert-OH is 1. The summed E-state index contributed by atoms with van der Waals surface area (Å²) in [6, 6.07) is 6.33. The van der Waals surface area contributed by atoms with Crippen molar-refractivity contribution in [3.8, 4) is 0 Å². The number of nitrogens with zero attached hydrogens (tertiary/aromatic N) is 1. The minimum absolute atomic E-state index is 0.153. The summed E-state index contributed by atoms with van der Waals surface area (Å²) in [5.41, 5.74) is 0.565. The fraction of sp³-hybridized carbons (Fsp3) is 0.533. The number of nitrogens with one attached hydrogen (secondary N) is 2. The minimum atomic E-state index is -0.556. The topological polar surface area (TPSA) is 64.6 Å². The molecular weight excluding hydrogens is 273 g/mol. The molecule has 1 aliphatic heterocycles. The number of carbonyl (C=O) groups is 1. The van der Waals surface area contributed by atoms with Crippen LogP contribution in [0.2, 0.25) is 0 Å². The van der Waals surface area contributed by atoms with E-state index in [-0.39, 0.29) is 24.3 Å². The van der Waals surface area contributed by atoms with Gasteiger partial charge in [0.15, 0.2) is 0 Å². The van der Waals surface area contributed by atoms with E-state index in [4.69, 9.17) is 0 Å². The molecule has 5 nitrogen and oxygen atoms in total. The van der Waals surface area contributed by atoms with Crippen molar-refractivity contribution in [3.63, 3.8) is 0 Å². The summed E-state index contributed by atoms with van der Waals surface area (Å²) in [7, 11) is 1.77. The number of halogens is 1. The number of rotatable bonds is 5. The van der Waals surface area contributed by atoms with Gasteiger partial charge in [-0.25, -0.2) is 4.39 Å². The second-order valence-electron chi connectivity index (χ2n) is 5.50. The second-order valence-corrected chi connectivity index (χ2v) is 5.50. The molecular formula is C15H22FN3O2. The summed E-state index contributed by atoms with van der Waals surface area (Å²) < 4.78 is 13.5. The van der Waals surface area contributed by atoms with Gasteiger partial charge in [-0.15, -0.1) is 0 Å². The lowest BCUT2D eigenvalue weighted by Gasteiger charge is -2.29. The van der Waals surface area contributed by atoms with Gasteiger partial charge in [-0.1, -0.05) is 18.2 Å². The molecule has 0 aliphatic carbocycles. The van der Waals surface area contributed by atoms with Gasteiger partial charge >= 0.3 is 0 Å². The first-order chi connectivity index (χ1) is 10.1. The Balaban J connectivity index is 1.80. The predicted octanol–water partition coefficient (Wildman–Crippen LogP) is 0.0965. The average Bonchev–Trinajstić information content (AvgIpc) is 2.44. The van der Waals surface area contributed by atoms with Gasteiger partial charge < -0.3 is 15.7 Å². The Hall–Kier alpha value is -1.50. The number of β-amino-alcohol motifs (C(OH)–C–C–N with tert-alkyl or cyclic N) is 1. The van der Waals surface area contributed by atoms with Gasteiger partial charge in [0.05, 0.1) is 18.7 Å². The highest BCUT2D eigenvalue weighted by Crippen LogP contribution is 2.09. The molecule has 2 atom stereocenters. The molecule has 21 heavy (non-hydrogen) atoms. The molecule has 116 valence electrons. The Labute approximate surface area is 124 Å². The summed E-state index contributed by atoms with van der Waals surface area (Å²) >= 11 is 0. The monoisotopic (exact) mass is 295 g/mol. The van der Waals surface area contributed by atoms with Crippen molar-refractivity contribution in [3.05, 3.63) is 35.6 Å². The smallest absolute Gasteiger partial charge is 0.234 e. The maximum absolute atomic E-state index is 13.5. The number of hydrogen-bond acceptors (Lipinski definition) is 4. The lowest BCUT2D eigenvalue weighted by atomic mass is 10.0. The van der Waals surface area contributed by atoms with Crippen LogP contribution < -0.4 is 10.6 Å². The largest absolute Gasteiger partial charge is 0.390 e. The van der Waals surface area contributed by atoms with Gasteiger partial charge in [-0.2, -0.15) is 0 Å². The molecule has 0 saturated carbocycles. The van der Waals surface area contributed by atoms with Crippen LogP contribution in [0.4, 0.5) is 4.39 Å². The van der Waals surface area contributed by atoms with Crippen LogP contribution in [0, 0.1) is 5.82 Å². The third-order valence-electron chi connectivity index (χ3n) is 3.61. The maximum atomic E-state index is 13.5. The lowest BCUT2D eigenvalue weighted by Crippen LogP contribution is -2.54. The summed E-state index contributed by atoms with van der Waals surface area (Å²) in [4.78, 5) is 13.7. The zero-order chi connectivity index (χ0) is 15.2. The third-order valence-corrected chi connectivity index (χ3v) is 3.61. The first kappa shape index (κ1) is 15.9. The molecule has 0 unspecified atom stereocenters. The first-order valence-corrected chi connectivity index (χ1v) is 7.16. The van der Waals surface area contributed by atoms with Gasteiger partial charge in [-0.3, -0.25) is 9.69 Å². The van der Waals surface area contributed by atoms with Crippen LogP contribution in [0.25, 0.3) is 0 Å². The Bertz CT molecular complexity index is 484. The normalized spacial score (nSPS) is 22.3. The van der Waals surface area contributed by atoms with Crippen LogP contribution in [0.5, 0.6) is 0 Å². The number of hydrogen-bond donors (Lipinski definition) is 3. The van der Waals surface area contributed by atoms with Crippen molar-refractivity contribution in [1.82, 2.24) is 15.5 Å². The molecule has 3 N–H and O–H groups in total. The summed E-state index contributed by atoms with van der Waals surface area (Å²) in [6.45, 7) is 1.82. The number of aliphatic hydroxyl groups is 1. The van der Waals surface area contributed by atoms with Crippen molar-refractivity contribution in [2.45, 2.75) is 25.1 Å². The molecule has 1 aliphatic rings. The van der Waals surface area contributed by atoms with Crippen LogP contribution >= 0.6 is 0 Å². The Morgan fingerprint density at radius 2 is 2.29 bits per heavy atom. The van der Waals surface area contributed by atoms with E-state index in [1.807, 2.05) is 0 Å². The molecule has 0 aromatic heterocycles. The highest BCUT2D eigenvalue weighted by molar-refractivity contribution is 5.78. The summed E-state index contributed by atoms with van der Waals surface area (Å²) in [5.74, 6) is -0.418. The lowest BCUT2D eigenvalue weighted by molar-refractivity contribution is -0.123. The fourth-order valence-electron chi connectivity index (χ4n) is 2.48. The molecule has 1 aromatic rings. The number of piperidine rings is 1. The predicted molar refractivity (Wildman–Crippen MR) is 78.2 cm³/mol. The van der Waals surface area contributed by atoms with Gasteiger partial charge in [-0.05, 0) is 26.1 Å². The van der Waals surface area contributed by atoms with Crippen molar-refractivity contribution in [2.24, 2.45) is 0 Å². The van der Waals surface area contributed by atoms with E-state index in [1.165, 1.54) is 6.07 Å². The summed E-state index contributed by atoms with van der Waals surface area (Å²) in [6.07, 6.45) is 0.156. The van der Waals surface area contributed by atoms with Gasteiger partial charge in [0.2, 0.25) is 5.91 Å². The molecule has 1 saturated heterocycles. The van der Waals surface area contributed by atoms with Crippen LogP contribution in [0.3, 0.4) is 0 Å². The number of likely N-dealkylation sites (N-methyl/N-ethyl adjacent to an activating group) is 1. The van der Waals surface area contributed by atoms with Crippen molar-refractivity contribution < 1.29 is 14.3 Å². The fourth-order valence-corrected chi connectivity index (χ4v) is 2.48. The highest BCUT2D eigenvalue weighted by atomic mass is 19.1. The van der Waals surface area contributed by atoms with Crippen LogP contribution in [-0.2, 0) is 11.3 Å². The highest BCUT2D eigenvalue weighted by Gasteiger charge is 2.24. The van der Waals surface area contributed by atoms with Gasteiger partial charge in [0.25, 0.3) is 0 Å². The number of carbonyl (C=O) groups excluding carboxylic acids is 1. The molecule has 1 heterocycles. The van der Waals surface area contributed by atoms with Crippen LogP contribution in [-0.4, -0.2) is 54.7 Å². The number of benzene rings is 1. The Kier molecular flexibility index (Phi) is 5.67. The Morgan fingerprint density at radius 1 is 1.52 bits per heavy atom. The van der Waals surface area contributed by atoms with Gasteiger partial charge in [0.1, 0.15) is 5.82 Å². The summed E-state index contributed by atoms with van der Waals surface area (Å²) in [5, 5.41) is 15.7. The molecule has 0 spiro atoms. The molecule has 1 amide bonds. The van der Waals surface area contributed by atoms with Gasteiger partial charge in [0, 0.05) is 18.7 Å². The Morgan fingerprint density at radius 3 is 3.00 bits per heavy atom. The van der Waals surface area contributed by atoms with Crippen molar-refractivity contribution >= 4 is 5.91 Å². The SMILES string of the molecule is CN(CC(=O)N[C@@H]1CCNC[C@H]1O)Cc1ccccc1F. The van der Waals surface area contributed by atoms with Crippen molar-refractivity contribution in [1.29, 1.82) is 0 Å². The van der Waals surface area contributed by atoms with E-state index in [0.717, 1.165) is 6.54 Å². The van der Waals surface area contributed by atoms with E-state index < -0.39 is 6.10 Å².